The third kappa shape index (κ3) is 7.12. The van der Waals surface area contributed by atoms with Crippen molar-refractivity contribution in [3.05, 3.63) is 24.2 Å². The Morgan fingerprint density at radius 2 is 2.33 bits per heavy atom. The van der Waals surface area contributed by atoms with E-state index < -0.39 is 0 Å². The molecule has 1 rings (SSSR count). The number of nitrogens with one attached hydrogen (secondary N) is 1. The Morgan fingerprint density at radius 3 is 3.00 bits per heavy atom. The Morgan fingerprint density at radius 1 is 1.50 bits per heavy atom. The number of rotatable bonds is 9. The fraction of sp³-hybridized carbons (Fsp3) is 0.643. The van der Waals surface area contributed by atoms with Crippen molar-refractivity contribution in [3.8, 4) is 0 Å². The van der Waals surface area contributed by atoms with Crippen molar-refractivity contribution < 1.29 is 13.9 Å². The van der Waals surface area contributed by atoms with E-state index in [9.17, 15) is 4.79 Å². The number of amides is 1. The van der Waals surface area contributed by atoms with Crippen LogP contribution in [0.15, 0.2) is 22.8 Å². The largest absolute Gasteiger partial charge is 0.469 e. The number of hydrogen-bond acceptors (Lipinski definition) is 3. The van der Waals surface area contributed by atoms with Crippen LogP contribution in [0.4, 0.5) is 0 Å². The molecule has 0 saturated carbocycles. The van der Waals surface area contributed by atoms with Crippen LogP contribution >= 0.6 is 0 Å². The minimum atomic E-state index is 0.0651. The van der Waals surface area contributed by atoms with Crippen LogP contribution in [0.25, 0.3) is 0 Å². The van der Waals surface area contributed by atoms with Crippen LogP contribution in [0.2, 0.25) is 0 Å². The fourth-order valence-corrected chi connectivity index (χ4v) is 1.50. The van der Waals surface area contributed by atoms with E-state index >= 15 is 0 Å². The lowest BCUT2D eigenvalue weighted by Crippen LogP contribution is -2.25. The molecular formula is C14H23NO3. The number of carbonyl (C=O) groups excluding carboxylic acids is 1. The second kappa shape index (κ2) is 8.75. The van der Waals surface area contributed by atoms with Gasteiger partial charge in [-0.2, -0.15) is 0 Å². The lowest BCUT2D eigenvalue weighted by molar-refractivity contribution is -0.121. The molecule has 0 saturated heterocycles. The first-order valence-corrected chi connectivity index (χ1v) is 6.55. The zero-order chi connectivity index (χ0) is 13.2. The molecule has 0 bridgehead atoms. The van der Waals surface area contributed by atoms with Crippen LogP contribution in [-0.2, 0) is 16.0 Å². The van der Waals surface area contributed by atoms with Gasteiger partial charge in [0, 0.05) is 32.6 Å². The Balaban J connectivity index is 1.94. The maximum absolute atomic E-state index is 11.5. The van der Waals surface area contributed by atoms with Gasteiger partial charge in [0.25, 0.3) is 0 Å². The van der Waals surface area contributed by atoms with Crippen LogP contribution in [-0.4, -0.2) is 25.7 Å². The van der Waals surface area contributed by atoms with Crippen molar-refractivity contribution >= 4 is 5.91 Å². The van der Waals surface area contributed by atoms with E-state index in [2.05, 4.69) is 19.2 Å². The van der Waals surface area contributed by atoms with Crippen molar-refractivity contribution in [2.45, 2.75) is 33.1 Å². The third-order valence-corrected chi connectivity index (χ3v) is 2.42. The Hall–Kier alpha value is -1.29. The molecule has 0 atom stereocenters. The minimum Gasteiger partial charge on any atom is -0.469 e. The smallest absolute Gasteiger partial charge is 0.220 e. The normalized spacial score (nSPS) is 10.8. The molecule has 0 aliphatic rings. The molecule has 0 fully saturated rings. The van der Waals surface area contributed by atoms with E-state index in [0.717, 1.165) is 18.8 Å². The summed E-state index contributed by atoms with van der Waals surface area (Å²) < 4.78 is 10.6. The van der Waals surface area contributed by atoms with Crippen LogP contribution in [0.3, 0.4) is 0 Å². The lowest BCUT2D eigenvalue weighted by atomic mass is 10.2. The van der Waals surface area contributed by atoms with Gasteiger partial charge in [0.2, 0.25) is 5.91 Å². The molecule has 102 valence electrons. The summed E-state index contributed by atoms with van der Waals surface area (Å²) in [5.74, 6) is 1.48. The second-order valence-corrected chi connectivity index (χ2v) is 4.75. The Labute approximate surface area is 109 Å². The van der Waals surface area contributed by atoms with Gasteiger partial charge in [-0.3, -0.25) is 4.79 Å². The highest BCUT2D eigenvalue weighted by atomic mass is 16.5. The molecule has 1 N–H and O–H groups in total. The number of aryl methyl sites for hydroxylation is 1. The van der Waals surface area contributed by atoms with Crippen molar-refractivity contribution in [1.29, 1.82) is 0 Å². The maximum Gasteiger partial charge on any atom is 0.220 e. The van der Waals surface area contributed by atoms with E-state index in [4.69, 9.17) is 9.15 Å². The van der Waals surface area contributed by atoms with Crippen LogP contribution in [0.5, 0.6) is 0 Å². The highest BCUT2D eigenvalue weighted by molar-refractivity contribution is 5.75. The Bertz CT molecular complexity index is 320. The summed E-state index contributed by atoms with van der Waals surface area (Å²) in [7, 11) is 0. The molecule has 0 unspecified atom stereocenters. The number of ether oxygens (including phenoxy) is 1. The SMILES string of the molecule is CC(C)COCCCNC(=O)CCc1ccco1. The van der Waals surface area contributed by atoms with E-state index in [1.807, 2.05) is 12.1 Å². The molecule has 1 aromatic heterocycles. The molecule has 4 nitrogen and oxygen atoms in total. The van der Waals surface area contributed by atoms with Crippen molar-refractivity contribution in [1.82, 2.24) is 5.32 Å². The van der Waals surface area contributed by atoms with Gasteiger partial charge in [0.05, 0.1) is 6.26 Å². The van der Waals surface area contributed by atoms with Gasteiger partial charge in [-0.1, -0.05) is 13.8 Å². The van der Waals surface area contributed by atoms with Gasteiger partial charge in [0.1, 0.15) is 5.76 Å². The molecule has 4 heteroatoms. The molecule has 0 aliphatic carbocycles. The van der Waals surface area contributed by atoms with E-state index in [1.54, 1.807) is 6.26 Å². The van der Waals surface area contributed by atoms with Crippen molar-refractivity contribution in [2.75, 3.05) is 19.8 Å². The van der Waals surface area contributed by atoms with Gasteiger partial charge in [-0.15, -0.1) is 0 Å². The first-order valence-electron chi connectivity index (χ1n) is 6.55. The number of carbonyl (C=O) groups is 1. The average molecular weight is 253 g/mol. The molecule has 0 aromatic carbocycles. The monoisotopic (exact) mass is 253 g/mol. The first-order chi connectivity index (χ1) is 8.68. The summed E-state index contributed by atoms with van der Waals surface area (Å²) in [5.41, 5.74) is 0. The predicted octanol–water partition coefficient (Wildman–Crippen LogP) is 2.39. The highest BCUT2D eigenvalue weighted by Crippen LogP contribution is 2.03. The predicted molar refractivity (Wildman–Crippen MR) is 70.3 cm³/mol. The summed E-state index contributed by atoms with van der Waals surface area (Å²) in [6, 6.07) is 3.71. The number of hydrogen-bond donors (Lipinski definition) is 1. The number of furan rings is 1. The summed E-state index contributed by atoms with van der Waals surface area (Å²) >= 11 is 0. The topological polar surface area (TPSA) is 51.5 Å². The van der Waals surface area contributed by atoms with E-state index in [-0.39, 0.29) is 5.91 Å². The van der Waals surface area contributed by atoms with Gasteiger partial charge in [-0.25, -0.2) is 0 Å². The molecule has 0 spiro atoms. The van der Waals surface area contributed by atoms with Crippen molar-refractivity contribution in [3.63, 3.8) is 0 Å². The van der Waals surface area contributed by atoms with Gasteiger partial charge < -0.3 is 14.5 Å². The zero-order valence-corrected chi connectivity index (χ0v) is 11.3. The molecule has 1 amide bonds. The van der Waals surface area contributed by atoms with E-state index in [0.29, 0.717) is 31.9 Å². The van der Waals surface area contributed by atoms with Crippen molar-refractivity contribution in [2.24, 2.45) is 5.92 Å². The molecule has 1 heterocycles. The molecule has 0 aliphatic heterocycles. The minimum absolute atomic E-state index is 0.0651. The van der Waals surface area contributed by atoms with Crippen LogP contribution in [0.1, 0.15) is 32.4 Å². The van der Waals surface area contributed by atoms with Crippen LogP contribution < -0.4 is 5.32 Å². The molecule has 1 aromatic rings. The van der Waals surface area contributed by atoms with Crippen LogP contribution in [0, 0.1) is 5.92 Å². The second-order valence-electron chi connectivity index (χ2n) is 4.75. The van der Waals surface area contributed by atoms with Gasteiger partial charge in [0.15, 0.2) is 0 Å². The lowest BCUT2D eigenvalue weighted by Gasteiger charge is -2.07. The standard InChI is InChI=1S/C14H23NO3/c1-12(2)11-17-9-4-8-15-14(16)7-6-13-5-3-10-18-13/h3,5,10,12H,4,6-9,11H2,1-2H3,(H,15,16). The Kier molecular flexibility index (Phi) is 7.18. The summed E-state index contributed by atoms with van der Waals surface area (Å²) in [6.07, 6.45) is 3.61. The highest BCUT2D eigenvalue weighted by Gasteiger charge is 2.03. The first kappa shape index (κ1) is 14.8. The molecular weight excluding hydrogens is 230 g/mol. The quantitative estimate of drug-likeness (QED) is 0.687. The molecule has 18 heavy (non-hydrogen) atoms. The van der Waals surface area contributed by atoms with Gasteiger partial charge >= 0.3 is 0 Å². The third-order valence-electron chi connectivity index (χ3n) is 2.42. The fourth-order valence-electron chi connectivity index (χ4n) is 1.50. The van der Waals surface area contributed by atoms with Gasteiger partial charge in [-0.05, 0) is 24.5 Å². The molecule has 0 radical (unpaired) electrons. The summed E-state index contributed by atoms with van der Waals surface area (Å²) in [6.45, 7) is 6.41. The summed E-state index contributed by atoms with van der Waals surface area (Å²) in [4.78, 5) is 11.5. The average Bonchev–Trinajstić information content (AvgIpc) is 2.83. The summed E-state index contributed by atoms with van der Waals surface area (Å²) in [5, 5.41) is 2.87. The zero-order valence-electron chi connectivity index (χ0n) is 11.3. The van der Waals surface area contributed by atoms with E-state index in [1.165, 1.54) is 0 Å². The maximum atomic E-state index is 11.5.